The number of fused-ring (bicyclic) bond motifs is 4. The summed E-state index contributed by atoms with van der Waals surface area (Å²) in [6.45, 7) is 2.33. The second-order valence-electron chi connectivity index (χ2n) is 16.1. The number of aryl methyl sites for hydroxylation is 1. The van der Waals surface area contributed by atoms with Crippen molar-refractivity contribution in [3.63, 3.8) is 0 Å². The Labute approximate surface area is 336 Å². The number of hydrogen-bond acceptors (Lipinski definition) is 13. The maximum Gasteiger partial charge on any atom is 0.220 e. The van der Waals surface area contributed by atoms with Crippen LogP contribution in [-0.4, -0.2) is 107 Å². The Kier molecular flexibility index (Phi) is 10.7. The van der Waals surface area contributed by atoms with Crippen LogP contribution >= 0.6 is 0 Å². The molecule has 0 spiro atoms. The lowest BCUT2D eigenvalue weighted by Gasteiger charge is -2.43. The van der Waals surface area contributed by atoms with Gasteiger partial charge < -0.3 is 59.8 Å². The first-order valence-electron chi connectivity index (χ1n) is 19.5. The summed E-state index contributed by atoms with van der Waals surface area (Å²) in [5, 5.41) is 79.8. The number of aromatic nitrogens is 2. The van der Waals surface area contributed by atoms with Crippen LogP contribution in [-0.2, 0) is 27.4 Å². The van der Waals surface area contributed by atoms with E-state index < -0.39 is 55.3 Å². The minimum absolute atomic E-state index is 0.0205. The zero-order chi connectivity index (χ0) is 41.8. The fourth-order valence-corrected chi connectivity index (χ4v) is 8.38. The zero-order valence-electron chi connectivity index (χ0n) is 32.4. The van der Waals surface area contributed by atoms with E-state index in [0.29, 0.717) is 75.9 Å². The van der Waals surface area contributed by atoms with Crippen LogP contribution in [0, 0.1) is 12.8 Å². The van der Waals surface area contributed by atoms with Crippen LogP contribution in [0.2, 0.25) is 0 Å². The average Bonchev–Trinajstić information content (AvgIpc) is 3.94. The fourth-order valence-electron chi connectivity index (χ4n) is 8.38. The number of carbonyl (C=O) groups excluding carboxylic acids is 1. The molecule has 2 aliphatic rings. The Balaban J connectivity index is 1.16. The molecule has 9 N–H and O–H groups in total. The molecular formula is C43H47N3O13. The lowest BCUT2D eigenvalue weighted by Crippen LogP contribution is -2.58. The molecule has 0 bridgehead atoms. The maximum atomic E-state index is 13.5. The number of benzene rings is 3. The number of aromatic hydroxyl groups is 2. The van der Waals surface area contributed by atoms with Crippen molar-refractivity contribution in [2.24, 2.45) is 5.92 Å². The maximum absolute atomic E-state index is 13.5. The summed E-state index contributed by atoms with van der Waals surface area (Å²) in [5.74, 6) is 0.607. The molecule has 5 heterocycles. The van der Waals surface area contributed by atoms with Crippen LogP contribution in [0.25, 0.3) is 38.3 Å². The standard InChI is InChI=1S/C43H47N3O13/c1-22-11-33(50)30-13-26-14-35(59-56-21-43(55,41(54)38(53)34(51)20-47)16-24-3-6-32(49)28-5-4-27(48)15-29(24)28)42(2,9-7-23-12-36(52)45-17-23)58-39(26)37(40(30)57-22)46-18-25-8-10-44-31(25)19-46/h3-6,8,10-11,13,15,18-19,23,34-35,38,41,44,47-49,51,53-55H,7,9,12,14,16-17,20-21H2,1-2H3,(H,45,52)/t23-,34+,35+,38+,41-,42+,43-/m0/s1. The van der Waals surface area contributed by atoms with Gasteiger partial charge in [-0.3, -0.25) is 9.59 Å². The Morgan fingerprint density at radius 1 is 1.02 bits per heavy atom. The second-order valence-corrected chi connectivity index (χ2v) is 16.1. The molecule has 3 aromatic carbocycles. The summed E-state index contributed by atoms with van der Waals surface area (Å²) in [6, 6.07) is 12.1. The van der Waals surface area contributed by atoms with Crippen molar-refractivity contribution < 1.29 is 59.5 Å². The van der Waals surface area contributed by atoms with Gasteiger partial charge in [0, 0.05) is 66.8 Å². The van der Waals surface area contributed by atoms with Crippen molar-refractivity contribution >= 4 is 38.6 Å². The first-order chi connectivity index (χ1) is 28.2. The quantitative estimate of drug-likeness (QED) is 0.0568. The highest BCUT2D eigenvalue weighted by molar-refractivity contribution is 5.92. The lowest BCUT2D eigenvalue weighted by molar-refractivity contribution is -0.371. The predicted octanol–water partition coefficient (Wildman–Crippen LogP) is 2.91. The SMILES string of the molecule is Cc1cc(=O)c2cc3c(c(-n4cc5cc[nH]c5c4)c2o1)O[C@](C)(CC[C@@H]1CNC(=O)C1)[C@H](OOC[C@@](O)(Cc1ccc(O)c2ccc(O)cc12)[C@@H](O)[C@H](O)[C@H](O)CO)C3. The first-order valence-corrected chi connectivity index (χ1v) is 19.5. The number of amides is 1. The third-order valence-corrected chi connectivity index (χ3v) is 11.8. The molecular weight excluding hydrogens is 766 g/mol. The topological polar surface area (TPSA) is 249 Å². The highest BCUT2D eigenvalue weighted by Gasteiger charge is 2.47. The normalized spacial score (nSPS) is 21.9. The number of nitrogens with zero attached hydrogens (tertiary/aromatic N) is 1. The third-order valence-electron chi connectivity index (χ3n) is 11.8. The van der Waals surface area contributed by atoms with E-state index in [2.05, 4.69) is 10.3 Å². The van der Waals surface area contributed by atoms with Gasteiger partial charge >= 0.3 is 0 Å². The van der Waals surface area contributed by atoms with E-state index >= 15 is 0 Å². The highest BCUT2D eigenvalue weighted by atomic mass is 17.2. The molecule has 2 aliphatic heterocycles. The predicted molar refractivity (Wildman–Crippen MR) is 213 cm³/mol. The van der Waals surface area contributed by atoms with Gasteiger partial charge in [0.15, 0.2) is 16.8 Å². The molecule has 312 valence electrons. The Hall–Kier alpha value is -5.46. The van der Waals surface area contributed by atoms with Gasteiger partial charge in [0.05, 0.1) is 17.5 Å². The number of ether oxygens (including phenoxy) is 1. The molecule has 16 nitrogen and oxygen atoms in total. The number of phenols is 2. The summed E-state index contributed by atoms with van der Waals surface area (Å²) in [4.78, 5) is 40.8. The van der Waals surface area contributed by atoms with Crippen LogP contribution in [0.3, 0.4) is 0 Å². The number of nitrogens with one attached hydrogen (secondary N) is 2. The van der Waals surface area contributed by atoms with Gasteiger partial charge in [-0.25, -0.2) is 9.78 Å². The second kappa shape index (κ2) is 15.6. The molecule has 1 saturated heterocycles. The van der Waals surface area contributed by atoms with Gasteiger partial charge in [0.1, 0.15) is 65.2 Å². The molecule has 7 atom stereocenters. The largest absolute Gasteiger partial charge is 0.508 e. The van der Waals surface area contributed by atoms with Gasteiger partial charge in [-0.15, -0.1) is 0 Å². The van der Waals surface area contributed by atoms with Crippen LogP contribution in [0.5, 0.6) is 17.2 Å². The summed E-state index contributed by atoms with van der Waals surface area (Å²) < 4.78 is 15.1. The van der Waals surface area contributed by atoms with E-state index in [0.717, 1.165) is 10.9 Å². The number of rotatable bonds is 14. The first kappa shape index (κ1) is 40.3. The molecule has 0 unspecified atom stereocenters. The number of phenolic OH excluding ortho intramolecular Hbond substituents is 2. The molecule has 0 aliphatic carbocycles. The number of hydrogen-bond donors (Lipinski definition) is 9. The number of aliphatic hydroxyl groups excluding tert-OH is 4. The van der Waals surface area contributed by atoms with Crippen LogP contribution in [0.15, 0.2) is 76.3 Å². The molecule has 3 aromatic heterocycles. The van der Waals surface area contributed by atoms with Gasteiger partial charge in [0.25, 0.3) is 0 Å². The lowest BCUT2D eigenvalue weighted by atomic mass is 9.83. The summed E-state index contributed by atoms with van der Waals surface area (Å²) >= 11 is 0. The minimum Gasteiger partial charge on any atom is -0.508 e. The number of H-pyrrole nitrogens is 1. The van der Waals surface area contributed by atoms with E-state index in [1.807, 2.05) is 36.1 Å². The smallest absolute Gasteiger partial charge is 0.220 e. The average molecular weight is 814 g/mol. The summed E-state index contributed by atoms with van der Waals surface area (Å²) in [7, 11) is 0. The van der Waals surface area contributed by atoms with Crippen LogP contribution in [0.1, 0.15) is 43.1 Å². The zero-order valence-corrected chi connectivity index (χ0v) is 32.4. The Morgan fingerprint density at radius 3 is 2.58 bits per heavy atom. The van der Waals surface area contributed by atoms with Crippen molar-refractivity contribution in [2.45, 2.75) is 81.6 Å². The van der Waals surface area contributed by atoms with E-state index in [9.17, 15) is 45.3 Å². The van der Waals surface area contributed by atoms with E-state index in [1.54, 1.807) is 13.0 Å². The van der Waals surface area contributed by atoms with E-state index in [-0.39, 0.29) is 35.2 Å². The number of carbonyl (C=O) groups is 1. The van der Waals surface area contributed by atoms with Gasteiger partial charge in [-0.1, -0.05) is 6.07 Å². The van der Waals surface area contributed by atoms with Gasteiger partial charge in [-0.05, 0) is 80.0 Å². The molecule has 59 heavy (non-hydrogen) atoms. The Bertz CT molecular complexity index is 2570. The van der Waals surface area contributed by atoms with E-state index in [4.69, 9.17) is 18.9 Å². The number of aromatic amines is 1. The highest BCUT2D eigenvalue weighted by Crippen LogP contribution is 2.45. The van der Waals surface area contributed by atoms with Crippen molar-refractivity contribution in [3.05, 3.63) is 94.2 Å². The number of aliphatic hydroxyl groups is 5. The third kappa shape index (κ3) is 7.64. The Morgan fingerprint density at radius 2 is 1.83 bits per heavy atom. The molecule has 16 heteroatoms. The van der Waals surface area contributed by atoms with Crippen molar-refractivity contribution in [1.82, 2.24) is 14.9 Å². The van der Waals surface area contributed by atoms with Gasteiger partial charge in [-0.2, -0.15) is 0 Å². The van der Waals surface area contributed by atoms with Crippen molar-refractivity contribution in [3.8, 4) is 22.9 Å². The van der Waals surface area contributed by atoms with Crippen LogP contribution in [0.4, 0.5) is 0 Å². The van der Waals surface area contributed by atoms with Crippen molar-refractivity contribution in [2.75, 3.05) is 19.8 Å². The molecule has 6 aromatic rings. The molecule has 0 saturated carbocycles. The molecule has 0 radical (unpaired) electrons. The monoisotopic (exact) mass is 813 g/mol. The van der Waals surface area contributed by atoms with Crippen LogP contribution < -0.4 is 15.5 Å². The summed E-state index contributed by atoms with van der Waals surface area (Å²) in [6.07, 6.45) is -0.314. The van der Waals surface area contributed by atoms with E-state index in [1.165, 1.54) is 36.4 Å². The summed E-state index contributed by atoms with van der Waals surface area (Å²) in [5.41, 5.74) is -1.21. The fraction of sp³-hybridized carbons (Fsp3) is 0.395. The molecule has 8 rings (SSSR count). The molecule has 1 amide bonds. The van der Waals surface area contributed by atoms with Gasteiger partial charge in [0.2, 0.25) is 5.91 Å². The molecule has 1 fully saturated rings. The van der Waals surface area contributed by atoms with Crippen molar-refractivity contribution in [1.29, 1.82) is 0 Å². The minimum atomic E-state index is -2.40.